The molecule has 29 heavy (non-hydrogen) atoms. The zero-order valence-corrected chi connectivity index (χ0v) is 15.9. The van der Waals surface area contributed by atoms with Gasteiger partial charge in [-0.15, -0.1) is 0 Å². The van der Waals surface area contributed by atoms with Gasteiger partial charge < -0.3 is 10.1 Å². The summed E-state index contributed by atoms with van der Waals surface area (Å²) in [6.45, 7) is 0. The van der Waals surface area contributed by atoms with Crippen molar-refractivity contribution in [3.05, 3.63) is 96.7 Å². The van der Waals surface area contributed by atoms with Gasteiger partial charge in [-0.1, -0.05) is 48.5 Å². The van der Waals surface area contributed by atoms with Crippen molar-refractivity contribution in [3.63, 3.8) is 0 Å². The zero-order valence-electron chi connectivity index (χ0n) is 15.9. The first kappa shape index (κ1) is 18.4. The molecular formula is C24H19N3O2. The van der Waals surface area contributed by atoms with Crippen molar-refractivity contribution in [2.24, 2.45) is 0 Å². The number of methoxy groups -OCH3 is 1. The standard InChI is InChI=1S/C24H19N3O2/c1-29-20-14-12-17(13-15-20)21-16-25-23(22(26-21)18-8-4-2-5-9-18)27-24(28)19-10-6-3-7-11-19/h2-16H,1H3,(H,25,27,28). The molecule has 1 amide bonds. The van der Waals surface area contributed by atoms with E-state index >= 15 is 0 Å². The topological polar surface area (TPSA) is 64.1 Å². The van der Waals surface area contributed by atoms with Gasteiger partial charge in [-0.3, -0.25) is 4.79 Å². The van der Waals surface area contributed by atoms with Crippen molar-refractivity contribution in [1.29, 1.82) is 0 Å². The third-order valence-electron chi connectivity index (χ3n) is 4.47. The number of nitrogens with zero attached hydrogens (tertiary/aromatic N) is 2. The Morgan fingerprint density at radius 3 is 2.14 bits per heavy atom. The van der Waals surface area contributed by atoms with E-state index in [9.17, 15) is 4.79 Å². The second-order valence-corrected chi connectivity index (χ2v) is 6.37. The predicted octanol–water partition coefficient (Wildman–Crippen LogP) is 5.07. The van der Waals surface area contributed by atoms with Crippen LogP contribution in [0.25, 0.3) is 22.5 Å². The summed E-state index contributed by atoms with van der Waals surface area (Å²) < 4.78 is 5.22. The Labute approximate surface area is 169 Å². The SMILES string of the molecule is COc1ccc(-c2cnc(NC(=O)c3ccccc3)c(-c3ccccc3)n2)cc1. The van der Waals surface area contributed by atoms with Crippen LogP contribution in [0.5, 0.6) is 5.75 Å². The van der Waals surface area contributed by atoms with Gasteiger partial charge in [0, 0.05) is 16.7 Å². The molecule has 0 aliphatic heterocycles. The summed E-state index contributed by atoms with van der Waals surface area (Å²) in [7, 11) is 1.63. The fourth-order valence-corrected chi connectivity index (χ4v) is 2.95. The van der Waals surface area contributed by atoms with Gasteiger partial charge in [-0.05, 0) is 36.4 Å². The van der Waals surface area contributed by atoms with Gasteiger partial charge in [0.15, 0.2) is 5.82 Å². The third-order valence-corrected chi connectivity index (χ3v) is 4.47. The van der Waals surface area contributed by atoms with E-state index in [1.807, 2.05) is 72.8 Å². The van der Waals surface area contributed by atoms with Gasteiger partial charge in [-0.2, -0.15) is 0 Å². The molecule has 0 saturated carbocycles. The van der Waals surface area contributed by atoms with Crippen LogP contribution >= 0.6 is 0 Å². The van der Waals surface area contributed by atoms with Crippen LogP contribution in [0.1, 0.15) is 10.4 Å². The molecule has 0 aliphatic rings. The Bertz CT molecular complexity index is 1110. The number of carbonyl (C=O) groups excluding carboxylic acids is 1. The molecule has 0 radical (unpaired) electrons. The van der Waals surface area contributed by atoms with Gasteiger partial charge in [0.05, 0.1) is 19.0 Å². The van der Waals surface area contributed by atoms with E-state index < -0.39 is 0 Å². The smallest absolute Gasteiger partial charge is 0.256 e. The van der Waals surface area contributed by atoms with Crippen LogP contribution in [-0.4, -0.2) is 23.0 Å². The van der Waals surface area contributed by atoms with Crippen LogP contribution < -0.4 is 10.1 Å². The normalized spacial score (nSPS) is 10.4. The number of aromatic nitrogens is 2. The third kappa shape index (κ3) is 4.14. The molecule has 5 heteroatoms. The van der Waals surface area contributed by atoms with E-state index in [-0.39, 0.29) is 5.91 Å². The van der Waals surface area contributed by atoms with Crippen LogP contribution in [0.3, 0.4) is 0 Å². The first-order valence-electron chi connectivity index (χ1n) is 9.18. The highest BCUT2D eigenvalue weighted by molar-refractivity contribution is 6.05. The molecule has 3 aromatic carbocycles. The number of amides is 1. The van der Waals surface area contributed by atoms with E-state index in [1.54, 1.807) is 25.4 Å². The van der Waals surface area contributed by atoms with Crippen molar-refractivity contribution < 1.29 is 9.53 Å². The quantitative estimate of drug-likeness (QED) is 0.524. The van der Waals surface area contributed by atoms with E-state index in [0.717, 1.165) is 16.9 Å². The lowest BCUT2D eigenvalue weighted by Crippen LogP contribution is -2.14. The Morgan fingerprint density at radius 1 is 0.828 bits per heavy atom. The molecule has 1 N–H and O–H groups in total. The fourth-order valence-electron chi connectivity index (χ4n) is 2.95. The maximum absolute atomic E-state index is 12.6. The highest BCUT2D eigenvalue weighted by atomic mass is 16.5. The molecule has 0 unspecified atom stereocenters. The molecule has 0 aliphatic carbocycles. The van der Waals surface area contributed by atoms with Gasteiger partial charge in [0.1, 0.15) is 11.4 Å². The number of carbonyl (C=O) groups is 1. The van der Waals surface area contributed by atoms with E-state index in [1.165, 1.54) is 0 Å². The van der Waals surface area contributed by atoms with Gasteiger partial charge >= 0.3 is 0 Å². The Morgan fingerprint density at radius 2 is 1.48 bits per heavy atom. The molecule has 4 rings (SSSR count). The summed E-state index contributed by atoms with van der Waals surface area (Å²) >= 11 is 0. The highest BCUT2D eigenvalue weighted by Crippen LogP contribution is 2.28. The van der Waals surface area contributed by atoms with E-state index in [2.05, 4.69) is 10.3 Å². The first-order chi connectivity index (χ1) is 14.2. The Hall–Kier alpha value is -3.99. The monoisotopic (exact) mass is 381 g/mol. The van der Waals surface area contributed by atoms with Crippen molar-refractivity contribution in [2.75, 3.05) is 12.4 Å². The van der Waals surface area contributed by atoms with Crippen molar-refractivity contribution in [2.45, 2.75) is 0 Å². The number of anilines is 1. The number of hydrogen-bond acceptors (Lipinski definition) is 4. The molecular weight excluding hydrogens is 362 g/mol. The highest BCUT2D eigenvalue weighted by Gasteiger charge is 2.15. The number of hydrogen-bond donors (Lipinski definition) is 1. The molecule has 1 heterocycles. The second kappa shape index (κ2) is 8.35. The van der Waals surface area contributed by atoms with E-state index in [0.29, 0.717) is 22.8 Å². The summed E-state index contributed by atoms with van der Waals surface area (Å²) in [4.78, 5) is 21.9. The maximum atomic E-state index is 12.6. The van der Waals surface area contributed by atoms with E-state index in [4.69, 9.17) is 9.72 Å². The summed E-state index contributed by atoms with van der Waals surface area (Å²) in [6.07, 6.45) is 1.66. The summed E-state index contributed by atoms with van der Waals surface area (Å²) in [5, 5.41) is 2.89. The molecule has 0 spiro atoms. The van der Waals surface area contributed by atoms with Gasteiger partial charge in [-0.25, -0.2) is 9.97 Å². The minimum Gasteiger partial charge on any atom is -0.497 e. The lowest BCUT2D eigenvalue weighted by Gasteiger charge is -2.12. The fraction of sp³-hybridized carbons (Fsp3) is 0.0417. The number of rotatable bonds is 5. The van der Waals surface area contributed by atoms with Crippen LogP contribution in [0.15, 0.2) is 91.1 Å². The maximum Gasteiger partial charge on any atom is 0.256 e. The molecule has 0 fully saturated rings. The van der Waals surface area contributed by atoms with Crippen LogP contribution in [0, 0.1) is 0 Å². The largest absolute Gasteiger partial charge is 0.497 e. The predicted molar refractivity (Wildman–Crippen MR) is 114 cm³/mol. The first-order valence-corrected chi connectivity index (χ1v) is 9.18. The minimum atomic E-state index is -0.228. The minimum absolute atomic E-state index is 0.228. The lowest BCUT2D eigenvalue weighted by molar-refractivity contribution is 0.102. The average molecular weight is 381 g/mol. The Kier molecular flexibility index (Phi) is 5.29. The molecule has 4 aromatic rings. The molecule has 0 saturated heterocycles. The van der Waals surface area contributed by atoms with Crippen molar-refractivity contribution in [1.82, 2.24) is 9.97 Å². The zero-order chi connectivity index (χ0) is 20.1. The molecule has 0 bridgehead atoms. The molecule has 1 aromatic heterocycles. The molecule has 5 nitrogen and oxygen atoms in total. The lowest BCUT2D eigenvalue weighted by atomic mass is 10.1. The van der Waals surface area contributed by atoms with Crippen LogP contribution in [0.4, 0.5) is 5.82 Å². The average Bonchev–Trinajstić information content (AvgIpc) is 2.80. The summed E-state index contributed by atoms with van der Waals surface area (Å²) in [5.74, 6) is 0.966. The number of nitrogens with one attached hydrogen (secondary N) is 1. The Balaban J connectivity index is 1.73. The van der Waals surface area contributed by atoms with Crippen molar-refractivity contribution in [3.8, 4) is 28.3 Å². The van der Waals surface area contributed by atoms with Crippen LogP contribution in [0.2, 0.25) is 0 Å². The number of ether oxygens (including phenoxy) is 1. The van der Waals surface area contributed by atoms with Gasteiger partial charge in [0.2, 0.25) is 0 Å². The van der Waals surface area contributed by atoms with Gasteiger partial charge in [0.25, 0.3) is 5.91 Å². The second-order valence-electron chi connectivity index (χ2n) is 6.37. The van der Waals surface area contributed by atoms with Crippen LogP contribution in [-0.2, 0) is 0 Å². The number of benzene rings is 3. The molecule has 142 valence electrons. The summed E-state index contributed by atoms with van der Waals surface area (Å²) in [6, 6.07) is 26.3. The summed E-state index contributed by atoms with van der Waals surface area (Å²) in [5.41, 5.74) is 3.68. The molecule has 0 atom stereocenters. The van der Waals surface area contributed by atoms with Crippen molar-refractivity contribution >= 4 is 11.7 Å².